The van der Waals surface area contributed by atoms with Gasteiger partial charge in [-0.3, -0.25) is 9.69 Å². The van der Waals surface area contributed by atoms with E-state index in [1.54, 1.807) is 38.7 Å². The van der Waals surface area contributed by atoms with Gasteiger partial charge < -0.3 is 23.4 Å². The first kappa shape index (κ1) is 20.2. The summed E-state index contributed by atoms with van der Waals surface area (Å²) in [5.74, 6) is 3.53. The fourth-order valence-electron chi connectivity index (χ4n) is 4.11. The molecule has 3 heterocycles. The van der Waals surface area contributed by atoms with Gasteiger partial charge in [0.15, 0.2) is 17.3 Å². The fraction of sp³-hybridized carbons (Fsp3) is 0.240. The molecule has 1 aromatic heterocycles. The predicted molar refractivity (Wildman–Crippen MR) is 117 cm³/mol. The van der Waals surface area contributed by atoms with E-state index in [0.29, 0.717) is 42.6 Å². The maximum Gasteiger partial charge on any atom is 0.231 e. The summed E-state index contributed by atoms with van der Waals surface area (Å²) >= 11 is 0. The van der Waals surface area contributed by atoms with Gasteiger partial charge in [-0.15, -0.1) is 0 Å². The molecule has 0 amide bonds. The van der Waals surface area contributed by atoms with Crippen LogP contribution in [0.2, 0.25) is 0 Å². The van der Waals surface area contributed by atoms with Crippen LogP contribution in [-0.4, -0.2) is 31.6 Å². The molecule has 0 N–H and O–H groups in total. The Bertz CT molecular complexity index is 1210. The first-order valence-electron chi connectivity index (χ1n) is 10.3. The molecule has 3 aromatic rings. The minimum absolute atomic E-state index is 0.149. The standard InChI is InChI=1S/C25H23NO6/c1-15-24-17(12-26(14-31-24)13-18-5-4-8-30-18)11-19-23(27)22(32-25(15)19)10-16-6-7-20(28-2)21(9-16)29-3/h4-11H,12-14H2,1-3H3/b22-10-. The van der Waals surface area contributed by atoms with E-state index in [4.69, 9.17) is 23.4 Å². The molecule has 0 unspecified atom stereocenters. The summed E-state index contributed by atoms with van der Waals surface area (Å²) < 4.78 is 28.1. The van der Waals surface area contributed by atoms with E-state index in [-0.39, 0.29) is 11.5 Å². The minimum atomic E-state index is -0.149. The first-order valence-corrected chi connectivity index (χ1v) is 10.3. The maximum absolute atomic E-state index is 13.1. The van der Waals surface area contributed by atoms with E-state index in [2.05, 4.69) is 4.90 Å². The number of rotatable bonds is 5. The SMILES string of the molecule is COc1ccc(/C=C2\Oc3c(cc4c(c3C)OCN(Cc3ccco3)C4)C2=O)cc1OC. The van der Waals surface area contributed by atoms with Crippen molar-refractivity contribution in [2.75, 3.05) is 21.0 Å². The molecule has 2 aliphatic heterocycles. The van der Waals surface area contributed by atoms with Crippen molar-refractivity contribution in [2.24, 2.45) is 0 Å². The molecule has 164 valence electrons. The molecule has 7 heteroatoms. The third-order valence-electron chi connectivity index (χ3n) is 5.67. The summed E-state index contributed by atoms with van der Waals surface area (Å²) in [7, 11) is 3.16. The Morgan fingerprint density at radius 2 is 1.94 bits per heavy atom. The monoisotopic (exact) mass is 433 g/mol. The molecule has 0 spiro atoms. The number of nitrogens with zero attached hydrogens (tertiary/aromatic N) is 1. The predicted octanol–water partition coefficient (Wildman–Crippen LogP) is 4.57. The number of carbonyl (C=O) groups excluding carboxylic acids is 1. The lowest BCUT2D eigenvalue weighted by molar-refractivity contribution is 0.0813. The van der Waals surface area contributed by atoms with Crippen LogP contribution in [0.3, 0.4) is 0 Å². The van der Waals surface area contributed by atoms with Gasteiger partial charge in [0.25, 0.3) is 0 Å². The Balaban J connectivity index is 1.43. The smallest absolute Gasteiger partial charge is 0.231 e. The van der Waals surface area contributed by atoms with Gasteiger partial charge in [-0.2, -0.15) is 0 Å². The van der Waals surface area contributed by atoms with Crippen LogP contribution < -0.4 is 18.9 Å². The van der Waals surface area contributed by atoms with Gasteiger partial charge in [-0.25, -0.2) is 0 Å². The van der Waals surface area contributed by atoms with Gasteiger partial charge in [0.05, 0.1) is 32.6 Å². The number of fused-ring (bicyclic) bond motifs is 2. The molecular weight excluding hydrogens is 410 g/mol. The topological polar surface area (TPSA) is 70.4 Å². The molecule has 0 bridgehead atoms. The summed E-state index contributed by atoms with van der Waals surface area (Å²) in [6.45, 7) is 3.66. The largest absolute Gasteiger partial charge is 0.493 e. The molecule has 0 atom stereocenters. The van der Waals surface area contributed by atoms with Gasteiger partial charge in [-0.05, 0) is 48.9 Å². The molecule has 0 radical (unpaired) electrons. The second-order valence-electron chi connectivity index (χ2n) is 7.76. The van der Waals surface area contributed by atoms with Crippen LogP contribution in [0.4, 0.5) is 0 Å². The molecule has 0 fully saturated rings. The summed E-state index contributed by atoms with van der Waals surface area (Å²) in [5.41, 5.74) is 3.13. The number of methoxy groups -OCH3 is 2. The van der Waals surface area contributed by atoms with E-state index in [1.165, 1.54) is 0 Å². The lowest BCUT2D eigenvalue weighted by Crippen LogP contribution is -2.31. The Morgan fingerprint density at radius 3 is 2.69 bits per heavy atom. The molecule has 0 aliphatic carbocycles. The molecule has 0 saturated carbocycles. The van der Waals surface area contributed by atoms with Gasteiger partial charge in [0, 0.05) is 17.7 Å². The normalized spacial score (nSPS) is 16.3. The van der Waals surface area contributed by atoms with Crippen LogP contribution in [0.1, 0.15) is 32.8 Å². The van der Waals surface area contributed by atoms with E-state index in [9.17, 15) is 4.79 Å². The summed E-state index contributed by atoms with van der Waals surface area (Å²) in [6, 6.07) is 11.1. The van der Waals surface area contributed by atoms with Gasteiger partial charge in [-0.1, -0.05) is 6.07 Å². The molecule has 2 aromatic carbocycles. The number of benzene rings is 2. The average molecular weight is 433 g/mol. The van der Waals surface area contributed by atoms with Crippen LogP contribution in [-0.2, 0) is 13.1 Å². The number of carbonyl (C=O) groups is 1. The van der Waals surface area contributed by atoms with Crippen molar-refractivity contribution in [3.05, 3.63) is 76.4 Å². The summed E-state index contributed by atoms with van der Waals surface area (Å²) in [6.07, 6.45) is 3.38. The quantitative estimate of drug-likeness (QED) is 0.546. The lowest BCUT2D eigenvalue weighted by Gasteiger charge is -2.29. The lowest BCUT2D eigenvalue weighted by atomic mass is 10.00. The Hall–Kier alpha value is -3.71. The van der Waals surface area contributed by atoms with Crippen molar-refractivity contribution in [1.29, 1.82) is 0 Å². The van der Waals surface area contributed by atoms with Gasteiger partial charge in [0.1, 0.15) is 24.0 Å². The van der Waals surface area contributed by atoms with Crippen LogP contribution in [0.15, 0.2) is 52.8 Å². The third kappa shape index (κ3) is 3.50. The highest BCUT2D eigenvalue weighted by atomic mass is 16.5. The number of furan rings is 1. The second kappa shape index (κ2) is 8.09. The van der Waals surface area contributed by atoms with Crippen molar-refractivity contribution >= 4 is 11.9 Å². The second-order valence-corrected chi connectivity index (χ2v) is 7.76. The zero-order valence-corrected chi connectivity index (χ0v) is 18.1. The zero-order chi connectivity index (χ0) is 22.2. The Labute approximate surface area is 185 Å². The summed E-state index contributed by atoms with van der Waals surface area (Å²) in [5, 5.41) is 0. The van der Waals surface area contributed by atoms with Crippen LogP contribution in [0.5, 0.6) is 23.0 Å². The highest BCUT2D eigenvalue weighted by Gasteiger charge is 2.33. The highest BCUT2D eigenvalue weighted by molar-refractivity contribution is 6.15. The van der Waals surface area contributed by atoms with E-state index in [0.717, 1.165) is 28.2 Å². The van der Waals surface area contributed by atoms with E-state index < -0.39 is 0 Å². The van der Waals surface area contributed by atoms with Crippen LogP contribution in [0.25, 0.3) is 6.08 Å². The molecular formula is C25H23NO6. The highest BCUT2D eigenvalue weighted by Crippen LogP contribution is 2.43. The van der Waals surface area contributed by atoms with Crippen molar-refractivity contribution in [1.82, 2.24) is 4.90 Å². The maximum atomic E-state index is 13.1. The van der Waals surface area contributed by atoms with Gasteiger partial charge in [0.2, 0.25) is 5.78 Å². The number of ether oxygens (including phenoxy) is 4. The average Bonchev–Trinajstić information content (AvgIpc) is 3.42. The zero-order valence-electron chi connectivity index (χ0n) is 18.1. The number of Topliss-reactive ketones (excluding diaryl/α,β-unsaturated/α-hetero) is 1. The molecule has 7 nitrogen and oxygen atoms in total. The number of hydrogen-bond donors (Lipinski definition) is 0. The van der Waals surface area contributed by atoms with Crippen LogP contribution >= 0.6 is 0 Å². The van der Waals surface area contributed by atoms with Crippen molar-refractivity contribution < 1.29 is 28.2 Å². The molecule has 32 heavy (non-hydrogen) atoms. The van der Waals surface area contributed by atoms with Crippen molar-refractivity contribution in [3.8, 4) is 23.0 Å². The number of hydrogen-bond acceptors (Lipinski definition) is 7. The molecule has 5 rings (SSSR count). The number of ketones is 1. The van der Waals surface area contributed by atoms with Crippen LogP contribution in [0, 0.1) is 6.92 Å². The Kier molecular flexibility index (Phi) is 5.11. The minimum Gasteiger partial charge on any atom is -0.493 e. The Morgan fingerprint density at radius 1 is 1.09 bits per heavy atom. The molecule has 2 aliphatic rings. The third-order valence-corrected chi connectivity index (χ3v) is 5.67. The first-order chi connectivity index (χ1) is 15.6. The fourth-order valence-corrected chi connectivity index (χ4v) is 4.11. The van der Waals surface area contributed by atoms with Crippen molar-refractivity contribution in [3.63, 3.8) is 0 Å². The van der Waals surface area contributed by atoms with E-state index >= 15 is 0 Å². The summed E-state index contributed by atoms with van der Waals surface area (Å²) in [4.78, 5) is 15.3. The van der Waals surface area contributed by atoms with E-state index in [1.807, 2.05) is 31.2 Å². The molecule has 0 saturated heterocycles. The van der Waals surface area contributed by atoms with Crippen molar-refractivity contribution in [2.45, 2.75) is 20.0 Å². The number of allylic oxidation sites excluding steroid dienone is 1. The van der Waals surface area contributed by atoms with Gasteiger partial charge >= 0.3 is 0 Å².